The number of anilines is 2. The Bertz CT molecular complexity index is 1240. The molecule has 0 radical (unpaired) electrons. The maximum atomic E-state index is 10.8. The molecule has 0 atom stereocenters. The van der Waals surface area contributed by atoms with Crippen molar-refractivity contribution >= 4 is 22.7 Å². The van der Waals surface area contributed by atoms with Crippen LogP contribution in [0.15, 0.2) is 67.1 Å². The first-order chi connectivity index (χ1) is 15.6. The third-order valence-electron chi connectivity index (χ3n) is 4.42. The number of hydrogen-bond donors (Lipinski definition) is 2. The maximum Gasteiger partial charge on any atom is 0.314 e. The SMILES string of the molecule is Cc1ccccc1N.Cn1cc([N+](=O)[O-])cn1.Cn1ncc([N+](=O)[O-])c1-c1ccccc1N.[Ar].[Ar]. The van der Waals surface area contributed by atoms with Crippen LogP contribution in [0.25, 0.3) is 11.3 Å². The van der Waals surface area contributed by atoms with Crippen molar-refractivity contribution in [2.75, 3.05) is 11.5 Å². The van der Waals surface area contributed by atoms with Gasteiger partial charge in [0.25, 0.3) is 0 Å². The van der Waals surface area contributed by atoms with Crippen LogP contribution in [-0.4, -0.2) is 29.4 Å². The molecule has 0 aliphatic rings. The molecule has 0 fully saturated rings. The number of nitro groups is 2. The van der Waals surface area contributed by atoms with Crippen molar-refractivity contribution in [2.24, 2.45) is 14.1 Å². The molecule has 0 saturated carbocycles. The molecule has 0 aliphatic carbocycles. The van der Waals surface area contributed by atoms with E-state index in [2.05, 4.69) is 10.2 Å². The van der Waals surface area contributed by atoms with Gasteiger partial charge >= 0.3 is 11.4 Å². The normalized spacial score (nSPS) is 9.23. The minimum atomic E-state index is -0.479. The van der Waals surface area contributed by atoms with E-state index in [9.17, 15) is 20.2 Å². The number of aromatic nitrogens is 4. The first kappa shape index (κ1) is 32.8. The van der Waals surface area contributed by atoms with Gasteiger partial charge in [-0.15, -0.1) is 0 Å². The zero-order valence-electron chi connectivity index (χ0n) is 19.0. The van der Waals surface area contributed by atoms with Crippen LogP contribution in [0, 0.1) is 103 Å². The molecule has 14 heteroatoms. The Morgan fingerprint density at radius 1 is 0.829 bits per heavy atom. The number of rotatable bonds is 3. The molecular formula is C21H24Ar2N8O4. The van der Waals surface area contributed by atoms with Crippen LogP contribution in [0.2, 0.25) is 0 Å². The van der Waals surface area contributed by atoms with E-state index in [4.69, 9.17) is 11.5 Å². The van der Waals surface area contributed by atoms with Gasteiger partial charge in [0.1, 0.15) is 24.3 Å². The number of nitrogens with two attached hydrogens (primary N) is 2. The summed E-state index contributed by atoms with van der Waals surface area (Å²) in [5, 5.41) is 28.3. The minimum absolute atomic E-state index is 0. The van der Waals surface area contributed by atoms with E-state index in [-0.39, 0.29) is 86.9 Å². The number of para-hydroxylation sites is 2. The van der Waals surface area contributed by atoms with Crippen molar-refractivity contribution in [3.05, 3.63) is 92.9 Å². The predicted octanol–water partition coefficient (Wildman–Crippen LogP) is 3.48. The standard InChI is InChI=1S/C10H10N4O2.C7H9N.C4H5N3O2.2Ar/c1-13-10(9(6-12-13)14(15)16)7-4-2-3-5-8(7)11;1-6-4-2-3-5-7(6)8;1-6-3-4(2-5-6)7(8)9;;/h2-6H,11H2,1H3;2-5H,8H2,1H3;2-3H,1H3;;. The molecule has 2 aromatic heterocycles. The van der Waals surface area contributed by atoms with E-state index in [1.807, 2.05) is 31.2 Å². The molecule has 0 saturated heterocycles. The van der Waals surface area contributed by atoms with Gasteiger partial charge in [-0.25, -0.2) is 0 Å². The van der Waals surface area contributed by atoms with Gasteiger partial charge in [-0.1, -0.05) is 36.4 Å². The second kappa shape index (κ2) is 15.7. The summed E-state index contributed by atoms with van der Waals surface area (Å²) >= 11 is 0. The van der Waals surface area contributed by atoms with Crippen LogP contribution < -0.4 is 11.5 Å². The summed E-state index contributed by atoms with van der Waals surface area (Å²) in [7, 11) is 3.28. The average molecular weight is 532 g/mol. The van der Waals surface area contributed by atoms with Crippen LogP contribution in [0.1, 0.15) is 5.56 Å². The van der Waals surface area contributed by atoms with Crippen molar-refractivity contribution < 1.29 is 85.3 Å². The van der Waals surface area contributed by atoms with Crippen molar-refractivity contribution in [1.29, 1.82) is 0 Å². The zero-order chi connectivity index (χ0) is 24.5. The number of benzene rings is 2. The Balaban J connectivity index is 0.000000523. The van der Waals surface area contributed by atoms with Gasteiger partial charge in [0, 0.05) is 107 Å². The minimum Gasteiger partial charge on any atom is -0.399 e. The summed E-state index contributed by atoms with van der Waals surface area (Å²) in [5.41, 5.74) is 14.8. The van der Waals surface area contributed by atoms with Crippen molar-refractivity contribution in [3.63, 3.8) is 0 Å². The molecular weight excluding hydrogens is 508 g/mol. The molecule has 0 bridgehead atoms. The molecule has 0 spiro atoms. The predicted molar refractivity (Wildman–Crippen MR) is 125 cm³/mol. The Hall–Kier alpha value is -2.22. The topological polar surface area (TPSA) is 174 Å². The van der Waals surface area contributed by atoms with Crippen LogP contribution in [0.4, 0.5) is 22.7 Å². The molecule has 0 unspecified atom stereocenters. The smallest absolute Gasteiger partial charge is 0.314 e. The summed E-state index contributed by atoms with van der Waals surface area (Å²) in [5.74, 6) is 0. The van der Waals surface area contributed by atoms with Crippen LogP contribution in [0.5, 0.6) is 0 Å². The molecule has 188 valence electrons. The first-order valence-electron chi connectivity index (χ1n) is 9.57. The number of hydrogen-bond acceptors (Lipinski definition) is 8. The van der Waals surface area contributed by atoms with Crippen LogP contribution in [0.3, 0.4) is 0 Å². The van der Waals surface area contributed by atoms with E-state index < -0.39 is 9.85 Å². The quantitative estimate of drug-likeness (QED) is 0.229. The van der Waals surface area contributed by atoms with Gasteiger partial charge < -0.3 is 11.5 Å². The van der Waals surface area contributed by atoms with E-state index >= 15 is 0 Å². The van der Waals surface area contributed by atoms with Gasteiger partial charge in [0.2, 0.25) is 0 Å². The second-order valence-corrected chi connectivity index (χ2v) is 6.83. The fourth-order valence-corrected chi connectivity index (χ4v) is 2.67. The van der Waals surface area contributed by atoms with Gasteiger partial charge in [0.05, 0.1) is 9.85 Å². The van der Waals surface area contributed by atoms with Gasteiger partial charge in [-0.3, -0.25) is 29.6 Å². The molecule has 4 N–H and O–H groups in total. The summed E-state index contributed by atoms with van der Waals surface area (Å²) in [4.78, 5) is 19.9. The summed E-state index contributed by atoms with van der Waals surface area (Å²) in [6.45, 7) is 2.00. The van der Waals surface area contributed by atoms with Gasteiger partial charge in [0.15, 0.2) is 0 Å². The zero-order valence-corrected chi connectivity index (χ0v) is 20.4. The molecule has 12 nitrogen and oxygen atoms in total. The summed E-state index contributed by atoms with van der Waals surface area (Å²) < 4.78 is 2.84. The second-order valence-electron chi connectivity index (χ2n) is 6.83. The third kappa shape index (κ3) is 9.74. The Labute approximate surface area is 261 Å². The van der Waals surface area contributed by atoms with Gasteiger partial charge in [-0.2, -0.15) is 10.2 Å². The molecule has 2 heterocycles. The molecule has 2 aromatic carbocycles. The molecule has 0 aliphatic heterocycles. The summed E-state index contributed by atoms with van der Waals surface area (Å²) in [6, 6.07) is 14.8. The average Bonchev–Trinajstić information content (AvgIpc) is 3.38. The first-order valence-corrected chi connectivity index (χ1v) is 9.57. The van der Waals surface area contributed by atoms with Crippen molar-refractivity contribution in [3.8, 4) is 11.3 Å². The fourth-order valence-electron chi connectivity index (χ4n) is 2.67. The third-order valence-corrected chi connectivity index (χ3v) is 4.42. The molecule has 0 amide bonds. The van der Waals surface area contributed by atoms with Crippen LogP contribution >= 0.6 is 0 Å². The fraction of sp³-hybridized carbons (Fsp3) is 0.143. The Kier molecular flexibility index (Phi) is 14.7. The molecule has 35 heavy (non-hydrogen) atoms. The summed E-state index contributed by atoms with van der Waals surface area (Å²) in [6.07, 6.45) is 3.78. The Morgan fingerprint density at radius 2 is 1.40 bits per heavy atom. The Morgan fingerprint density at radius 3 is 1.80 bits per heavy atom. The number of aryl methyl sites for hydroxylation is 3. The van der Waals surface area contributed by atoms with E-state index in [1.54, 1.807) is 38.4 Å². The largest absolute Gasteiger partial charge is 0.399 e. The molecule has 4 aromatic rings. The molecule has 4 rings (SSSR count). The van der Waals surface area contributed by atoms with E-state index in [1.165, 1.54) is 28.0 Å². The number of nitrogen functional groups attached to an aromatic ring is 2. The monoisotopic (exact) mass is 532 g/mol. The van der Waals surface area contributed by atoms with E-state index in [0.717, 1.165) is 11.3 Å². The van der Waals surface area contributed by atoms with Crippen molar-refractivity contribution in [2.45, 2.75) is 6.92 Å². The van der Waals surface area contributed by atoms with Crippen molar-refractivity contribution in [1.82, 2.24) is 19.6 Å². The van der Waals surface area contributed by atoms with Gasteiger partial charge in [-0.05, 0) is 24.6 Å². The maximum absolute atomic E-state index is 10.8. The van der Waals surface area contributed by atoms with Crippen LogP contribution in [-0.2, 0) is 14.1 Å². The number of nitrogens with zero attached hydrogens (tertiary/aromatic N) is 6. The van der Waals surface area contributed by atoms with E-state index in [0.29, 0.717) is 16.9 Å².